The lowest BCUT2D eigenvalue weighted by molar-refractivity contribution is -0.134. The van der Waals surface area contributed by atoms with Crippen molar-refractivity contribution in [2.45, 2.75) is 25.8 Å². The van der Waals surface area contributed by atoms with Gasteiger partial charge in [-0.2, -0.15) is 0 Å². The van der Waals surface area contributed by atoms with Crippen LogP contribution in [0.2, 0.25) is 10.0 Å². The highest BCUT2D eigenvalue weighted by atomic mass is 35.5. The van der Waals surface area contributed by atoms with Crippen molar-refractivity contribution >= 4 is 46.4 Å². The van der Waals surface area contributed by atoms with Crippen molar-refractivity contribution in [3.05, 3.63) is 91.1 Å². The van der Waals surface area contributed by atoms with Crippen LogP contribution in [0.4, 0.5) is 0 Å². The van der Waals surface area contributed by atoms with Crippen LogP contribution in [0, 0.1) is 6.92 Å². The van der Waals surface area contributed by atoms with Crippen molar-refractivity contribution in [2.24, 2.45) is 0 Å². The summed E-state index contributed by atoms with van der Waals surface area (Å²) in [5.74, 6) is -0.386. The van der Waals surface area contributed by atoms with Crippen LogP contribution in [0.1, 0.15) is 44.4 Å². The van der Waals surface area contributed by atoms with E-state index in [9.17, 15) is 9.59 Å². The number of hydrogen-bond donors (Lipinski definition) is 0. The van der Waals surface area contributed by atoms with Crippen molar-refractivity contribution in [1.82, 2.24) is 9.80 Å². The third-order valence-corrected chi connectivity index (χ3v) is 7.86. The summed E-state index contributed by atoms with van der Waals surface area (Å²) in [7, 11) is 1.62. The van der Waals surface area contributed by atoms with Crippen LogP contribution in [0.3, 0.4) is 0 Å². The molecule has 1 atom stereocenters. The quantitative estimate of drug-likeness (QED) is 0.334. The Labute approximate surface area is 220 Å². The fourth-order valence-electron chi connectivity index (χ4n) is 4.55. The van der Waals surface area contributed by atoms with Crippen LogP contribution >= 0.6 is 34.5 Å². The van der Waals surface area contributed by atoms with E-state index in [1.807, 2.05) is 17.0 Å². The van der Waals surface area contributed by atoms with Crippen molar-refractivity contribution in [3.63, 3.8) is 0 Å². The average molecular weight is 532 g/mol. The van der Waals surface area contributed by atoms with Crippen LogP contribution in [-0.4, -0.2) is 55.0 Å². The molecule has 5 nitrogen and oxygen atoms in total. The molecule has 0 fully saturated rings. The lowest BCUT2D eigenvalue weighted by atomic mass is 9.90. The SMILES string of the molecule is COCCCN(CC(=O)N1CCc2sccc2C1c1ccccc1C)C(=O)c1ccc(Cl)cc1Cl. The molecule has 3 aromatic rings. The summed E-state index contributed by atoms with van der Waals surface area (Å²) in [6.07, 6.45) is 1.42. The fraction of sp³-hybridized carbons (Fsp3) is 0.333. The van der Waals surface area contributed by atoms with Crippen LogP contribution < -0.4 is 0 Å². The number of halogens is 2. The van der Waals surface area contributed by atoms with Gasteiger partial charge >= 0.3 is 0 Å². The number of amides is 2. The highest BCUT2D eigenvalue weighted by molar-refractivity contribution is 7.10. The highest BCUT2D eigenvalue weighted by Crippen LogP contribution is 2.39. The minimum atomic E-state index is -0.295. The summed E-state index contributed by atoms with van der Waals surface area (Å²) in [6, 6.07) is 14.9. The Hall–Kier alpha value is -2.38. The van der Waals surface area contributed by atoms with E-state index in [-0.39, 0.29) is 29.4 Å². The van der Waals surface area contributed by atoms with Gasteiger partial charge in [-0.25, -0.2) is 0 Å². The minimum Gasteiger partial charge on any atom is -0.385 e. The lowest BCUT2D eigenvalue weighted by Crippen LogP contribution is -2.47. The molecule has 2 aromatic carbocycles. The topological polar surface area (TPSA) is 49.9 Å². The highest BCUT2D eigenvalue weighted by Gasteiger charge is 2.34. The summed E-state index contributed by atoms with van der Waals surface area (Å²) in [6.45, 7) is 3.50. The number of carbonyl (C=O) groups excluding carboxylic acids is 2. The van der Waals surface area contributed by atoms with Gasteiger partial charge in [0, 0.05) is 36.7 Å². The van der Waals surface area contributed by atoms with Gasteiger partial charge in [-0.3, -0.25) is 9.59 Å². The number of aryl methyl sites for hydroxylation is 1. The maximum Gasteiger partial charge on any atom is 0.255 e. The predicted octanol–water partition coefficient (Wildman–Crippen LogP) is 6.02. The number of hydrogen-bond acceptors (Lipinski definition) is 4. The van der Waals surface area contributed by atoms with Crippen LogP contribution in [0.25, 0.3) is 0 Å². The van der Waals surface area contributed by atoms with Crippen molar-refractivity contribution < 1.29 is 14.3 Å². The van der Waals surface area contributed by atoms with E-state index in [0.29, 0.717) is 36.7 Å². The fourth-order valence-corrected chi connectivity index (χ4v) is 5.95. The molecule has 0 N–H and O–H groups in total. The van der Waals surface area contributed by atoms with E-state index in [2.05, 4.69) is 30.5 Å². The zero-order chi connectivity index (χ0) is 24.9. The summed E-state index contributed by atoms with van der Waals surface area (Å²) in [5.41, 5.74) is 3.74. The second kappa shape index (κ2) is 11.6. The summed E-state index contributed by atoms with van der Waals surface area (Å²) < 4.78 is 5.18. The molecular formula is C27H28Cl2N2O3S. The Bertz CT molecular complexity index is 1210. The molecule has 1 aliphatic heterocycles. The van der Waals surface area contributed by atoms with Crippen LogP contribution in [0.15, 0.2) is 53.9 Å². The molecule has 0 saturated heterocycles. The summed E-state index contributed by atoms with van der Waals surface area (Å²) in [4.78, 5) is 32.0. The summed E-state index contributed by atoms with van der Waals surface area (Å²) >= 11 is 14.1. The first kappa shape index (κ1) is 25.7. The first-order valence-corrected chi connectivity index (χ1v) is 13.2. The van der Waals surface area contributed by atoms with Crippen molar-refractivity contribution in [2.75, 3.05) is 33.4 Å². The second-order valence-electron chi connectivity index (χ2n) is 8.59. The Kier molecular flexibility index (Phi) is 8.50. The molecule has 1 unspecified atom stereocenters. The molecule has 0 radical (unpaired) electrons. The number of benzene rings is 2. The maximum atomic E-state index is 13.8. The van der Waals surface area contributed by atoms with E-state index >= 15 is 0 Å². The maximum absolute atomic E-state index is 13.8. The molecule has 4 rings (SSSR count). The second-order valence-corrected chi connectivity index (χ2v) is 10.4. The number of thiophene rings is 1. The molecule has 1 aromatic heterocycles. The zero-order valence-electron chi connectivity index (χ0n) is 19.8. The standard InChI is InChI=1S/C27H28Cl2N2O3S/c1-18-6-3-4-7-20(18)26-22-11-15-35-24(22)10-13-31(26)25(32)17-30(12-5-14-34-2)27(33)21-9-8-19(28)16-23(21)29/h3-4,6-9,11,15-16,26H,5,10,12-14,17H2,1-2H3. The van der Waals surface area contributed by atoms with E-state index in [4.69, 9.17) is 27.9 Å². The van der Waals surface area contributed by atoms with Gasteiger partial charge in [-0.05, 0) is 66.1 Å². The normalized spacial score (nSPS) is 15.1. The monoisotopic (exact) mass is 530 g/mol. The third kappa shape index (κ3) is 5.72. The number of carbonyl (C=O) groups is 2. The first-order chi connectivity index (χ1) is 16.9. The van der Waals surface area contributed by atoms with Gasteiger partial charge in [0.2, 0.25) is 5.91 Å². The van der Waals surface area contributed by atoms with Gasteiger partial charge in [0.1, 0.15) is 6.54 Å². The molecule has 2 amide bonds. The number of fused-ring (bicyclic) bond motifs is 1. The molecule has 2 heterocycles. The smallest absolute Gasteiger partial charge is 0.255 e. The Morgan fingerprint density at radius 2 is 1.94 bits per heavy atom. The van der Waals surface area contributed by atoms with E-state index in [0.717, 1.165) is 17.5 Å². The van der Waals surface area contributed by atoms with Gasteiger partial charge in [-0.1, -0.05) is 47.5 Å². The molecule has 8 heteroatoms. The number of methoxy groups -OCH3 is 1. The molecule has 35 heavy (non-hydrogen) atoms. The van der Waals surface area contributed by atoms with Crippen LogP contribution in [0.5, 0.6) is 0 Å². The molecular weight excluding hydrogens is 503 g/mol. The van der Waals surface area contributed by atoms with Gasteiger partial charge in [-0.15, -0.1) is 11.3 Å². The number of nitrogens with zero attached hydrogens (tertiary/aromatic N) is 2. The van der Waals surface area contributed by atoms with Gasteiger partial charge < -0.3 is 14.5 Å². The minimum absolute atomic E-state index is 0.0383. The Morgan fingerprint density at radius 3 is 2.69 bits per heavy atom. The number of ether oxygens (including phenoxy) is 1. The lowest BCUT2D eigenvalue weighted by Gasteiger charge is -2.38. The van der Waals surface area contributed by atoms with Crippen molar-refractivity contribution in [3.8, 4) is 0 Å². The van der Waals surface area contributed by atoms with Crippen molar-refractivity contribution in [1.29, 1.82) is 0 Å². The van der Waals surface area contributed by atoms with Crippen LogP contribution in [-0.2, 0) is 16.0 Å². The summed E-state index contributed by atoms with van der Waals surface area (Å²) in [5, 5.41) is 2.81. The number of rotatable bonds is 8. The molecule has 0 aliphatic carbocycles. The predicted molar refractivity (Wildman–Crippen MR) is 142 cm³/mol. The van der Waals surface area contributed by atoms with Gasteiger partial charge in [0.15, 0.2) is 0 Å². The molecule has 1 aliphatic rings. The molecule has 0 spiro atoms. The Morgan fingerprint density at radius 1 is 1.14 bits per heavy atom. The first-order valence-electron chi connectivity index (χ1n) is 11.5. The largest absolute Gasteiger partial charge is 0.385 e. The van der Waals surface area contributed by atoms with E-state index in [1.54, 1.807) is 41.5 Å². The average Bonchev–Trinajstić information content (AvgIpc) is 3.32. The van der Waals surface area contributed by atoms with Gasteiger partial charge in [0.25, 0.3) is 5.91 Å². The van der Waals surface area contributed by atoms with Gasteiger partial charge in [0.05, 0.1) is 16.6 Å². The third-order valence-electron chi connectivity index (χ3n) is 6.32. The molecule has 0 saturated carbocycles. The Balaban J connectivity index is 1.63. The van der Waals surface area contributed by atoms with E-state index < -0.39 is 0 Å². The van der Waals surface area contributed by atoms with E-state index in [1.165, 1.54) is 10.4 Å². The molecule has 0 bridgehead atoms. The zero-order valence-corrected chi connectivity index (χ0v) is 22.1. The molecule has 184 valence electrons.